The number of aryl methyl sites for hydroxylation is 1. The summed E-state index contributed by atoms with van der Waals surface area (Å²) in [6.07, 6.45) is -4.54. The number of carbonyl (C=O) groups excluding carboxylic acids is 2. The summed E-state index contributed by atoms with van der Waals surface area (Å²) in [6, 6.07) is 11.5. The number of amides is 2. The minimum absolute atomic E-state index is 0.160. The topological polar surface area (TPSA) is 91.2 Å². The van der Waals surface area contributed by atoms with Crippen LogP contribution in [-0.2, 0) is 4.79 Å². The van der Waals surface area contributed by atoms with Crippen LogP contribution in [0.15, 0.2) is 42.5 Å². The van der Waals surface area contributed by atoms with E-state index in [-0.39, 0.29) is 22.9 Å². The first kappa shape index (κ1) is 23.7. The predicted molar refractivity (Wildman–Crippen MR) is 109 cm³/mol. The molecule has 164 valence electrons. The number of ether oxygens (including phenoxy) is 1. The van der Waals surface area contributed by atoms with E-state index in [0.29, 0.717) is 5.56 Å². The van der Waals surface area contributed by atoms with Gasteiger partial charge in [0, 0.05) is 11.3 Å². The summed E-state index contributed by atoms with van der Waals surface area (Å²) in [4.78, 5) is 25.3. The van der Waals surface area contributed by atoms with E-state index in [4.69, 9.17) is 0 Å². The standard InChI is InChI=1S/C22H22F3N3O3/c1-13(2)19(28-20(29)15-6-4-5-14(3)9-15)21(30)27-17-7-8-18(16(10-17)11-26)31-12-22(23,24)25/h4-10,13,19H,12H2,1-3H3,(H,27,30)(H,28,29). The average molecular weight is 433 g/mol. The second kappa shape index (κ2) is 9.98. The Labute approximate surface area is 178 Å². The fraction of sp³-hybridized carbons (Fsp3) is 0.318. The van der Waals surface area contributed by atoms with Crippen LogP contribution >= 0.6 is 0 Å². The molecule has 0 aliphatic carbocycles. The van der Waals surface area contributed by atoms with Gasteiger partial charge in [-0.1, -0.05) is 31.5 Å². The molecule has 6 nitrogen and oxygen atoms in total. The molecule has 0 saturated heterocycles. The van der Waals surface area contributed by atoms with Crippen molar-refractivity contribution < 1.29 is 27.5 Å². The predicted octanol–water partition coefficient (Wildman–Crippen LogP) is 4.20. The van der Waals surface area contributed by atoms with Gasteiger partial charge in [-0.15, -0.1) is 0 Å². The van der Waals surface area contributed by atoms with Gasteiger partial charge in [-0.2, -0.15) is 18.4 Å². The Morgan fingerprint density at radius 3 is 2.45 bits per heavy atom. The molecule has 2 rings (SSSR count). The van der Waals surface area contributed by atoms with Crippen LogP contribution in [0.4, 0.5) is 18.9 Å². The summed E-state index contributed by atoms with van der Waals surface area (Å²) >= 11 is 0. The second-order valence-corrected chi connectivity index (χ2v) is 7.28. The number of carbonyl (C=O) groups is 2. The number of anilines is 1. The van der Waals surface area contributed by atoms with Crippen molar-refractivity contribution in [1.29, 1.82) is 5.26 Å². The van der Waals surface area contributed by atoms with E-state index in [9.17, 15) is 28.0 Å². The smallest absolute Gasteiger partial charge is 0.422 e. The number of nitrogens with one attached hydrogen (secondary N) is 2. The van der Waals surface area contributed by atoms with E-state index in [1.54, 1.807) is 38.1 Å². The van der Waals surface area contributed by atoms with E-state index < -0.39 is 30.6 Å². The van der Waals surface area contributed by atoms with Crippen molar-refractivity contribution in [2.24, 2.45) is 5.92 Å². The number of hydrogen-bond acceptors (Lipinski definition) is 4. The van der Waals surface area contributed by atoms with Gasteiger partial charge in [0.1, 0.15) is 17.9 Å². The van der Waals surface area contributed by atoms with Crippen molar-refractivity contribution >= 4 is 17.5 Å². The van der Waals surface area contributed by atoms with E-state index in [0.717, 1.165) is 5.56 Å². The lowest BCUT2D eigenvalue weighted by atomic mass is 10.0. The molecule has 0 aliphatic heterocycles. The van der Waals surface area contributed by atoms with Gasteiger partial charge in [0.25, 0.3) is 5.91 Å². The van der Waals surface area contributed by atoms with Gasteiger partial charge in [-0.3, -0.25) is 9.59 Å². The number of alkyl halides is 3. The molecule has 2 amide bonds. The average Bonchev–Trinajstić information content (AvgIpc) is 2.69. The van der Waals surface area contributed by atoms with Crippen molar-refractivity contribution in [2.75, 3.05) is 11.9 Å². The Bertz CT molecular complexity index is 997. The molecule has 2 aromatic rings. The number of hydrogen-bond donors (Lipinski definition) is 2. The van der Waals surface area contributed by atoms with Crippen LogP contribution in [-0.4, -0.2) is 30.6 Å². The van der Waals surface area contributed by atoms with Gasteiger partial charge in [0.15, 0.2) is 6.61 Å². The van der Waals surface area contributed by atoms with E-state index >= 15 is 0 Å². The largest absolute Gasteiger partial charge is 0.483 e. The highest BCUT2D eigenvalue weighted by Gasteiger charge is 2.29. The van der Waals surface area contributed by atoms with Gasteiger partial charge in [0.05, 0.1) is 5.56 Å². The highest BCUT2D eigenvalue weighted by Crippen LogP contribution is 2.25. The molecule has 0 aliphatic rings. The van der Waals surface area contributed by atoms with Gasteiger partial charge < -0.3 is 15.4 Å². The molecule has 0 fully saturated rings. The van der Waals surface area contributed by atoms with Gasteiger partial charge in [0.2, 0.25) is 5.91 Å². The molecule has 1 atom stereocenters. The highest BCUT2D eigenvalue weighted by atomic mass is 19.4. The van der Waals surface area contributed by atoms with E-state index in [1.807, 2.05) is 13.0 Å². The zero-order valence-corrected chi connectivity index (χ0v) is 17.2. The van der Waals surface area contributed by atoms with Gasteiger partial charge in [-0.25, -0.2) is 0 Å². The molecule has 0 aromatic heterocycles. The van der Waals surface area contributed by atoms with Crippen molar-refractivity contribution in [3.8, 4) is 11.8 Å². The minimum atomic E-state index is -4.54. The van der Waals surface area contributed by atoms with Crippen LogP contribution in [0.5, 0.6) is 5.75 Å². The molecule has 2 N–H and O–H groups in total. The lowest BCUT2D eigenvalue weighted by molar-refractivity contribution is -0.153. The van der Waals surface area contributed by atoms with Crippen molar-refractivity contribution in [3.05, 3.63) is 59.2 Å². The highest BCUT2D eigenvalue weighted by molar-refractivity contribution is 6.01. The summed E-state index contributed by atoms with van der Waals surface area (Å²) in [5, 5.41) is 14.5. The van der Waals surface area contributed by atoms with Crippen molar-refractivity contribution in [3.63, 3.8) is 0 Å². The van der Waals surface area contributed by atoms with Crippen LogP contribution in [0.2, 0.25) is 0 Å². The fourth-order valence-electron chi connectivity index (χ4n) is 2.75. The number of halogens is 3. The molecular weight excluding hydrogens is 411 g/mol. The molecule has 0 bridgehead atoms. The fourth-order valence-corrected chi connectivity index (χ4v) is 2.75. The van der Waals surface area contributed by atoms with E-state index in [2.05, 4.69) is 15.4 Å². The van der Waals surface area contributed by atoms with Crippen molar-refractivity contribution in [1.82, 2.24) is 5.32 Å². The Balaban J connectivity index is 2.13. The maximum Gasteiger partial charge on any atom is 0.422 e. The Morgan fingerprint density at radius 2 is 1.87 bits per heavy atom. The van der Waals surface area contributed by atoms with Crippen LogP contribution < -0.4 is 15.4 Å². The normalized spacial score (nSPS) is 12.1. The lowest BCUT2D eigenvalue weighted by Gasteiger charge is -2.22. The molecular formula is C22H22F3N3O3. The molecule has 31 heavy (non-hydrogen) atoms. The third-order valence-electron chi connectivity index (χ3n) is 4.27. The molecule has 0 heterocycles. The minimum Gasteiger partial charge on any atom is -0.483 e. The molecule has 0 saturated carbocycles. The Kier molecular flexibility index (Phi) is 7.64. The lowest BCUT2D eigenvalue weighted by Crippen LogP contribution is -2.47. The maximum absolute atomic E-state index is 12.7. The van der Waals surface area contributed by atoms with E-state index in [1.165, 1.54) is 18.2 Å². The zero-order chi connectivity index (χ0) is 23.2. The maximum atomic E-state index is 12.7. The van der Waals surface area contributed by atoms with Crippen molar-refractivity contribution in [2.45, 2.75) is 33.0 Å². The van der Waals surface area contributed by atoms with Gasteiger partial charge in [-0.05, 0) is 43.2 Å². The number of rotatable bonds is 7. The second-order valence-electron chi connectivity index (χ2n) is 7.28. The Morgan fingerprint density at radius 1 is 1.16 bits per heavy atom. The Hall–Kier alpha value is -3.54. The number of nitrogens with zero attached hydrogens (tertiary/aromatic N) is 1. The zero-order valence-electron chi connectivity index (χ0n) is 17.2. The van der Waals surface area contributed by atoms with Crippen LogP contribution in [0.1, 0.15) is 35.3 Å². The third-order valence-corrected chi connectivity index (χ3v) is 4.27. The summed E-state index contributed by atoms with van der Waals surface area (Å²) in [7, 11) is 0. The quantitative estimate of drug-likeness (QED) is 0.685. The van der Waals surface area contributed by atoms with Crippen LogP contribution in [0, 0.1) is 24.2 Å². The number of benzene rings is 2. The van der Waals surface area contributed by atoms with Crippen LogP contribution in [0.25, 0.3) is 0 Å². The van der Waals surface area contributed by atoms with Gasteiger partial charge >= 0.3 is 6.18 Å². The molecule has 9 heteroatoms. The monoisotopic (exact) mass is 433 g/mol. The summed E-state index contributed by atoms with van der Waals surface area (Å²) in [6.45, 7) is 3.83. The molecule has 0 radical (unpaired) electrons. The molecule has 2 aromatic carbocycles. The summed E-state index contributed by atoms with van der Waals surface area (Å²) < 4.78 is 41.7. The first-order chi connectivity index (χ1) is 14.5. The van der Waals surface area contributed by atoms with Crippen LogP contribution in [0.3, 0.4) is 0 Å². The number of nitriles is 1. The first-order valence-corrected chi connectivity index (χ1v) is 9.42. The first-order valence-electron chi connectivity index (χ1n) is 9.42. The third kappa shape index (κ3) is 7.03. The summed E-state index contributed by atoms with van der Waals surface area (Å²) in [5.74, 6) is -1.43. The molecule has 0 spiro atoms. The SMILES string of the molecule is Cc1cccc(C(=O)NC(C(=O)Nc2ccc(OCC(F)(F)F)c(C#N)c2)C(C)C)c1. The molecule has 1 unspecified atom stereocenters. The summed E-state index contributed by atoms with van der Waals surface area (Å²) in [5.41, 5.74) is 1.34.